The van der Waals surface area contributed by atoms with Crippen molar-refractivity contribution in [3.05, 3.63) is 0 Å². The molecule has 2 N–H and O–H groups in total. The van der Waals surface area contributed by atoms with Gasteiger partial charge in [0.15, 0.2) is 0 Å². The summed E-state index contributed by atoms with van der Waals surface area (Å²) in [6, 6.07) is 0. The Morgan fingerprint density at radius 2 is 1.00 bits per heavy atom. The highest BCUT2D eigenvalue weighted by Gasteiger charge is 2.39. The summed E-state index contributed by atoms with van der Waals surface area (Å²) >= 11 is 0. The van der Waals surface area contributed by atoms with Crippen LogP contribution in [-0.2, 0) is 4.57 Å². The molecule has 0 radical (unpaired) electrons. The van der Waals surface area contributed by atoms with Crippen LogP contribution >= 0.6 is 16.4 Å². The number of unbranched alkanes of at least 4 members (excludes halogenated alkanes) is 6. The van der Waals surface area contributed by atoms with Gasteiger partial charge < -0.3 is 9.79 Å². The lowest BCUT2D eigenvalue weighted by Gasteiger charge is -2.40. The van der Waals surface area contributed by atoms with Crippen molar-refractivity contribution in [1.82, 2.24) is 0 Å². The van der Waals surface area contributed by atoms with E-state index in [1.807, 2.05) is 0 Å². The molecule has 0 amide bonds. The summed E-state index contributed by atoms with van der Waals surface area (Å²) in [4.78, 5) is 19.9. The second kappa shape index (κ2) is 11.1. The molecule has 0 aromatic heterocycles. The van der Waals surface area contributed by atoms with Gasteiger partial charge in [-0.2, -0.15) is 0 Å². The molecular weight excluding hydrogens is 291 g/mol. The minimum absolute atomic E-state index is 0.776. The molecule has 0 aromatic rings. The Morgan fingerprint density at radius 1 is 0.700 bits per heavy atom. The minimum Gasteiger partial charge on any atom is -0.318 e. The van der Waals surface area contributed by atoms with E-state index >= 15 is 0 Å². The first-order chi connectivity index (χ1) is 9.43. The van der Waals surface area contributed by atoms with Crippen LogP contribution in [0.15, 0.2) is 0 Å². The van der Waals surface area contributed by atoms with E-state index in [4.69, 9.17) is 0 Å². The molecule has 0 aromatic carbocycles. The van der Waals surface area contributed by atoms with Crippen LogP contribution in [0.4, 0.5) is 0 Å². The lowest BCUT2D eigenvalue weighted by atomic mass is 10.3. The standard InChI is InChI=1S/C15H35O3PS/c1-4-7-10-13-20(19(16,17)18,14-11-8-5-2)15-12-9-6-3/h4-15H2,1-3H3,(H2,16,17,18). The number of hydrogen-bond donors (Lipinski definition) is 2. The van der Waals surface area contributed by atoms with E-state index in [1.54, 1.807) is 0 Å². The largest absolute Gasteiger partial charge is 0.366 e. The zero-order chi connectivity index (χ0) is 15.5. The first-order valence-electron chi connectivity index (χ1n) is 8.25. The Labute approximate surface area is 127 Å². The molecule has 3 nitrogen and oxygen atoms in total. The van der Waals surface area contributed by atoms with E-state index in [1.165, 1.54) is 0 Å². The van der Waals surface area contributed by atoms with Gasteiger partial charge in [-0.3, -0.25) is 0 Å². The molecule has 0 saturated heterocycles. The minimum atomic E-state index is -3.94. The van der Waals surface area contributed by atoms with Crippen molar-refractivity contribution < 1.29 is 14.4 Å². The molecule has 0 rings (SSSR count). The smallest absolute Gasteiger partial charge is 0.318 e. The molecule has 124 valence electrons. The molecule has 0 heterocycles. The molecule has 0 unspecified atom stereocenters. The van der Waals surface area contributed by atoms with E-state index in [0.29, 0.717) is 0 Å². The third-order valence-corrected chi connectivity index (χ3v) is 12.7. The predicted octanol–water partition coefficient (Wildman–Crippen LogP) is 5.45. The summed E-state index contributed by atoms with van der Waals surface area (Å²) in [5, 5.41) is 0. The highest BCUT2D eigenvalue weighted by atomic mass is 32.8. The first kappa shape index (κ1) is 20.5. The Hall–Kier alpha value is 0.500. The van der Waals surface area contributed by atoms with Crippen LogP contribution in [0.2, 0.25) is 0 Å². The molecule has 0 aliphatic heterocycles. The summed E-state index contributed by atoms with van der Waals surface area (Å²) in [6.45, 7) is 2.48. The van der Waals surface area contributed by atoms with Crippen molar-refractivity contribution in [3.8, 4) is 0 Å². The van der Waals surface area contributed by atoms with Crippen LogP contribution in [0.5, 0.6) is 0 Å². The average Bonchev–Trinajstić information content (AvgIpc) is 2.37. The topological polar surface area (TPSA) is 57.5 Å². The zero-order valence-electron chi connectivity index (χ0n) is 13.6. The second-order valence-corrected chi connectivity index (χ2v) is 13.7. The van der Waals surface area contributed by atoms with Crippen LogP contribution < -0.4 is 0 Å². The van der Waals surface area contributed by atoms with Crippen LogP contribution in [0.25, 0.3) is 0 Å². The fraction of sp³-hybridized carbons (Fsp3) is 1.00. The Morgan fingerprint density at radius 3 is 1.20 bits per heavy atom. The summed E-state index contributed by atoms with van der Waals surface area (Å²) in [5.74, 6) is 2.33. The van der Waals surface area contributed by atoms with Gasteiger partial charge >= 0.3 is 6.80 Å². The van der Waals surface area contributed by atoms with Crippen LogP contribution in [0, 0.1) is 0 Å². The predicted molar refractivity (Wildman–Crippen MR) is 92.8 cm³/mol. The van der Waals surface area contributed by atoms with Gasteiger partial charge in [-0.25, -0.2) is 4.57 Å². The zero-order valence-corrected chi connectivity index (χ0v) is 15.4. The fourth-order valence-electron chi connectivity index (χ4n) is 2.53. The fourth-order valence-corrected chi connectivity index (χ4v) is 9.38. The Balaban J connectivity index is 4.82. The van der Waals surface area contributed by atoms with Crippen molar-refractivity contribution >= 4 is 16.4 Å². The molecule has 0 spiro atoms. The van der Waals surface area contributed by atoms with Crippen LogP contribution in [0.3, 0.4) is 0 Å². The maximum Gasteiger partial charge on any atom is 0.366 e. The summed E-state index contributed by atoms with van der Waals surface area (Å²) in [6.07, 6.45) is 9.56. The number of rotatable bonds is 13. The average molecular weight is 326 g/mol. The number of hydrogen-bond acceptors (Lipinski definition) is 1. The molecule has 0 bridgehead atoms. The summed E-state index contributed by atoms with van der Waals surface area (Å²) in [7, 11) is -1.76. The van der Waals surface area contributed by atoms with Gasteiger partial charge in [-0.15, -0.1) is 9.65 Å². The lowest BCUT2D eigenvalue weighted by Crippen LogP contribution is -2.15. The maximum atomic E-state index is 12.2. The molecule has 0 aliphatic rings. The van der Waals surface area contributed by atoms with Crippen LogP contribution in [0.1, 0.15) is 78.6 Å². The Bertz CT molecular complexity index is 252. The van der Waals surface area contributed by atoms with Gasteiger partial charge in [0.05, 0.1) is 0 Å². The van der Waals surface area contributed by atoms with E-state index in [2.05, 4.69) is 20.8 Å². The quantitative estimate of drug-likeness (QED) is 0.349. The van der Waals surface area contributed by atoms with E-state index in [9.17, 15) is 14.4 Å². The molecule has 5 heteroatoms. The molecule has 20 heavy (non-hydrogen) atoms. The van der Waals surface area contributed by atoms with Crippen molar-refractivity contribution in [2.75, 3.05) is 17.3 Å². The van der Waals surface area contributed by atoms with Crippen molar-refractivity contribution in [1.29, 1.82) is 0 Å². The highest BCUT2D eigenvalue weighted by molar-refractivity contribution is 8.76. The van der Waals surface area contributed by atoms with E-state index in [0.717, 1.165) is 75.0 Å². The van der Waals surface area contributed by atoms with Gasteiger partial charge in [0.1, 0.15) is 0 Å². The first-order valence-corrected chi connectivity index (χ1v) is 12.6. The maximum absolute atomic E-state index is 12.2. The van der Waals surface area contributed by atoms with Gasteiger partial charge in [-0.05, 0) is 36.5 Å². The van der Waals surface area contributed by atoms with Crippen LogP contribution in [-0.4, -0.2) is 27.0 Å². The lowest BCUT2D eigenvalue weighted by molar-refractivity contribution is 0.395. The molecule has 0 fully saturated rings. The van der Waals surface area contributed by atoms with Crippen molar-refractivity contribution in [2.24, 2.45) is 0 Å². The van der Waals surface area contributed by atoms with E-state index in [-0.39, 0.29) is 0 Å². The third-order valence-electron chi connectivity index (χ3n) is 3.89. The molecule has 0 aliphatic carbocycles. The van der Waals surface area contributed by atoms with Gasteiger partial charge in [0, 0.05) is 0 Å². The monoisotopic (exact) mass is 326 g/mol. The second-order valence-electron chi connectivity index (χ2n) is 5.72. The Kier molecular flexibility index (Phi) is 11.4. The SMILES string of the molecule is CCCCCS(CCCCC)(CCCCC)P(=O)(O)O. The van der Waals surface area contributed by atoms with E-state index < -0.39 is 16.4 Å². The van der Waals surface area contributed by atoms with Crippen molar-refractivity contribution in [3.63, 3.8) is 0 Å². The molecule has 0 atom stereocenters. The summed E-state index contributed by atoms with van der Waals surface area (Å²) < 4.78 is 12.2. The molecule has 0 saturated carbocycles. The summed E-state index contributed by atoms with van der Waals surface area (Å²) in [5.41, 5.74) is 0. The third kappa shape index (κ3) is 7.49. The van der Waals surface area contributed by atoms with Gasteiger partial charge in [-0.1, -0.05) is 59.3 Å². The molecular formula is C15H35O3PS. The van der Waals surface area contributed by atoms with Crippen molar-refractivity contribution in [2.45, 2.75) is 78.6 Å². The van der Waals surface area contributed by atoms with Gasteiger partial charge in [0.25, 0.3) is 0 Å². The van der Waals surface area contributed by atoms with Gasteiger partial charge in [0.2, 0.25) is 0 Å². The highest BCUT2D eigenvalue weighted by Crippen LogP contribution is 2.77. The normalized spacial score (nSPS) is 13.7.